The molecule has 2 N–H and O–H groups in total. The summed E-state index contributed by atoms with van der Waals surface area (Å²) in [6.07, 6.45) is -0.686. The van der Waals surface area contributed by atoms with Crippen molar-refractivity contribution in [1.29, 1.82) is 0 Å². The van der Waals surface area contributed by atoms with E-state index in [0.717, 1.165) is 0 Å². The molecule has 1 atom stereocenters. The summed E-state index contributed by atoms with van der Waals surface area (Å²) < 4.78 is 18.1. The predicted octanol–water partition coefficient (Wildman–Crippen LogP) is 2.59. The summed E-state index contributed by atoms with van der Waals surface area (Å²) in [4.78, 5) is 34.4. The van der Waals surface area contributed by atoms with Crippen LogP contribution in [0.1, 0.15) is 16.8 Å². The van der Waals surface area contributed by atoms with Crippen LogP contribution in [0.3, 0.4) is 0 Å². The normalized spacial score (nSPS) is 11.4. The minimum absolute atomic E-state index is 0.162. The van der Waals surface area contributed by atoms with Crippen molar-refractivity contribution in [2.75, 3.05) is 6.67 Å². The number of carboxylic acids is 1. The van der Waals surface area contributed by atoms with E-state index in [1.54, 1.807) is 36.4 Å². The summed E-state index contributed by atoms with van der Waals surface area (Å²) in [6, 6.07) is 13.6. The van der Waals surface area contributed by atoms with Gasteiger partial charge in [-0.1, -0.05) is 24.3 Å². The van der Waals surface area contributed by atoms with E-state index < -0.39 is 36.8 Å². The Kier molecular flexibility index (Phi) is 6.22. The maximum Gasteiger partial charge on any atom is 0.305 e. The molecule has 1 unspecified atom stereocenters. The molecule has 0 spiro atoms. The Morgan fingerprint density at radius 3 is 2.36 bits per heavy atom. The van der Waals surface area contributed by atoms with Crippen molar-refractivity contribution < 1.29 is 28.6 Å². The fraction of sp³-hybridized carbons (Fsp3) is 0.167. The molecule has 1 amide bonds. The van der Waals surface area contributed by atoms with E-state index >= 15 is 0 Å². The van der Waals surface area contributed by atoms with Gasteiger partial charge in [0, 0.05) is 5.56 Å². The third kappa shape index (κ3) is 5.42. The van der Waals surface area contributed by atoms with Gasteiger partial charge in [0.15, 0.2) is 5.78 Å². The lowest BCUT2D eigenvalue weighted by atomic mass is 10.1. The van der Waals surface area contributed by atoms with Crippen molar-refractivity contribution in [1.82, 2.24) is 5.32 Å². The zero-order valence-corrected chi connectivity index (χ0v) is 13.1. The van der Waals surface area contributed by atoms with Gasteiger partial charge < -0.3 is 15.2 Å². The molecule has 2 aromatic rings. The van der Waals surface area contributed by atoms with Crippen LogP contribution in [0.15, 0.2) is 54.6 Å². The number of alkyl halides is 1. The number of ether oxygens (including phenoxy) is 1. The number of carbonyl (C=O) groups is 3. The third-order valence-electron chi connectivity index (χ3n) is 3.28. The zero-order valence-electron chi connectivity index (χ0n) is 13.1. The minimum Gasteiger partial charge on any atom is -0.481 e. The van der Waals surface area contributed by atoms with E-state index in [0.29, 0.717) is 11.5 Å². The van der Waals surface area contributed by atoms with E-state index in [4.69, 9.17) is 9.84 Å². The van der Waals surface area contributed by atoms with Crippen LogP contribution < -0.4 is 10.1 Å². The van der Waals surface area contributed by atoms with E-state index in [9.17, 15) is 18.8 Å². The van der Waals surface area contributed by atoms with E-state index in [1.807, 2.05) is 6.07 Å². The van der Waals surface area contributed by atoms with Gasteiger partial charge >= 0.3 is 5.97 Å². The Bertz CT molecular complexity index is 763. The first-order valence-electron chi connectivity index (χ1n) is 7.44. The molecule has 0 aliphatic rings. The van der Waals surface area contributed by atoms with Crippen LogP contribution in [-0.2, 0) is 9.59 Å². The summed E-state index contributed by atoms with van der Waals surface area (Å²) >= 11 is 0. The van der Waals surface area contributed by atoms with Gasteiger partial charge in [-0.05, 0) is 30.3 Å². The van der Waals surface area contributed by atoms with Gasteiger partial charge in [0.1, 0.15) is 24.2 Å². The molecule has 0 saturated heterocycles. The number of carbonyl (C=O) groups excluding carboxylic acids is 2. The van der Waals surface area contributed by atoms with Crippen molar-refractivity contribution in [3.05, 3.63) is 60.2 Å². The Morgan fingerprint density at radius 1 is 1.04 bits per heavy atom. The van der Waals surface area contributed by atoms with Crippen LogP contribution in [0.25, 0.3) is 0 Å². The Hall–Kier alpha value is -3.22. The molecule has 0 aliphatic heterocycles. The highest BCUT2D eigenvalue weighted by Crippen LogP contribution is 2.21. The summed E-state index contributed by atoms with van der Waals surface area (Å²) in [5.41, 5.74) is 0.162. The first-order valence-corrected chi connectivity index (χ1v) is 7.44. The topological polar surface area (TPSA) is 92.7 Å². The fourth-order valence-electron chi connectivity index (χ4n) is 2.08. The fourth-order valence-corrected chi connectivity index (χ4v) is 2.08. The van der Waals surface area contributed by atoms with Gasteiger partial charge in [-0.25, -0.2) is 4.39 Å². The second kappa shape index (κ2) is 8.58. The molecule has 0 radical (unpaired) electrons. The van der Waals surface area contributed by atoms with Gasteiger partial charge in [0.25, 0.3) is 5.91 Å². The molecule has 0 fully saturated rings. The number of ketones is 1. The van der Waals surface area contributed by atoms with Crippen molar-refractivity contribution in [3.8, 4) is 11.5 Å². The second-order valence-corrected chi connectivity index (χ2v) is 5.17. The van der Waals surface area contributed by atoms with Gasteiger partial charge in [-0.3, -0.25) is 14.4 Å². The van der Waals surface area contributed by atoms with Gasteiger partial charge in [0.05, 0.1) is 6.42 Å². The number of nitrogens with one attached hydrogen (secondary N) is 1. The second-order valence-electron chi connectivity index (χ2n) is 5.17. The number of Topliss-reactive ketones (excluding diaryl/α,β-unsaturated/α-hetero) is 1. The van der Waals surface area contributed by atoms with Crippen LogP contribution in [-0.4, -0.2) is 35.5 Å². The number of aliphatic carboxylic acids is 1. The molecular weight excluding hydrogens is 329 g/mol. The lowest BCUT2D eigenvalue weighted by Gasteiger charge is -2.14. The number of rotatable bonds is 8. The quantitative estimate of drug-likeness (QED) is 0.767. The number of benzene rings is 2. The molecule has 2 aromatic carbocycles. The lowest BCUT2D eigenvalue weighted by Crippen LogP contribution is -2.43. The number of carboxylic acid groups (broad SMARTS) is 1. The molecule has 0 bridgehead atoms. The third-order valence-corrected chi connectivity index (χ3v) is 3.28. The highest BCUT2D eigenvalue weighted by atomic mass is 19.1. The SMILES string of the molecule is O=C(O)CC(NC(=O)c1cccc(Oc2ccccc2)c1)C(=O)CF. The smallest absolute Gasteiger partial charge is 0.305 e. The molecule has 0 heterocycles. The first kappa shape index (κ1) is 18.1. The van der Waals surface area contributed by atoms with Crippen molar-refractivity contribution in [2.24, 2.45) is 0 Å². The van der Waals surface area contributed by atoms with Crippen LogP contribution >= 0.6 is 0 Å². The van der Waals surface area contributed by atoms with Gasteiger partial charge in [-0.2, -0.15) is 0 Å². The number of halogens is 1. The summed E-state index contributed by atoms with van der Waals surface area (Å²) in [6.45, 7) is -1.35. The molecule has 25 heavy (non-hydrogen) atoms. The predicted molar refractivity (Wildman–Crippen MR) is 87.4 cm³/mol. The lowest BCUT2D eigenvalue weighted by molar-refractivity contribution is -0.139. The van der Waals surface area contributed by atoms with E-state index in [1.165, 1.54) is 12.1 Å². The minimum atomic E-state index is -1.42. The molecule has 2 rings (SSSR count). The summed E-state index contributed by atoms with van der Waals surface area (Å²) in [5.74, 6) is -2.02. The Balaban J connectivity index is 2.11. The number of hydrogen-bond acceptors (Lipinski definition) is 4. The molecule has 0 aromatic heterocycles. The number of hydrogen-bond donors (Lipinski definition) is 2. The molecule has 130 valence electrons. The first-order chi connectivity index (χ1) is 12.0. The average Bonchev–Trinajstić information content (AvgIpc) is 2.61. The number of amides is 1. The Labute approximate surface area is 143 Å². The summed E-state index contributed by atoms with van der Waals surface area (Å²) in [7, 11) is 0. The highest BCUT2D eigenvalue weighted by molar-refractivity contribution is 5.99. The maximum absolute atomic E-state index is 12.5. The van der Waals surface area contributed by atoms with Crippen molar-refractivity contribution in [3.63, 3.8) is 0 Å². The van der Waals surface area contributed by atoms with Gasteiger partial charge in [0.2, 0.25) is 0 Å². The van der Waals surface area contributed by atoms with Crippen LogP contribution in [0.2, 0.25) is 0 Å². The van der Waals surface area contributed by atoms with Crippen molar-refractivity contribution in [2.45, 2.75) is 12.5 Å². The largest absolute Gasteiger partial charge is 0.481 e. The van der Waals surface area contributed by atoms with Crippen molar-refractivity contribution >= 4 is 17.7 Å². The zero-order chi connectivity index (χ0) is 18.2. The number of para-hydroxylation sites is 1. The van der Waals surface area contributed by atoms with E-state index in [-0.39, 0.29) is 5.56 Å². The molecule has 0 aliphatic carbocycles. The van der Waals surface area contributed by atoms with Crippen LogP contribution in [0.4, 0.5) is 4.39 Å². The molecule has 6 nitrogen and oxygen atoms in total. The van der Waals surface area contributed by atoms with Crippen LogP contribution in [0, 0.1) is 0 Å². The van der Waals surface area contributed by atoms with Crippen LogP contribution in [0.5, 0.6) is 11.5 Å². The molecule has 7 heteroatoms. The summed E-state index contributed by atoms with van der Waals surface area (Å²) in [5, 5.41) is 11.0. The maximum atomic E-state index is 12.5. The van der Waals surface area contributed by atoms with Gasteiger partial charge in [-0.15, -0.1) is 0 Å². The molecular formula is C18H16FNO5. The Morgan fingerprint density at radius 2 is 1.72 bits per heavy atom. The highest BCUT2D eigenvalue weighted by Gasteiger charge is 2.24. The average molecular weight is 345 g/mol. The standard InChI is InChI=1S/C18H16FNO5/c19-11-16(21)15(10-17(22)23)20-18(24)12-5-4-8-14(9-12)25-13-6-2-1-3-7-13/h1-9,15H,10-11H2,(H,20,24)(H,22,23). The van der Waals surface area contributed by atoms with E-state index in [2.05, 4.69) is 5.32 Å². The monoisotopic (exact) mass is 345 g/mol. The molecule has 0 saturated carbocycles.